The van der Waals surface area contributed by atoms with Crippen LogP contribution in [0.4, 0.5) is 9.18 Å². The smallest absolute Gasteiger partial charge is 0.315 e. The highest BCUT2D eigenvalue weighted by Gasteiger charge is 2.32. The number of benzene rings is 1. The van der Waals surface area contributed by atoms with Crippen LogP contribution in [0.1, 0.15) is 43.4 Å². The zero-order valence-electron chi connectivity index (χ0n) is 12.2. The van der Waals surface area contributed by atoms with Gasteiger partial charge < -0.3 is 15.4 Å². The van der Waals surface area contributed by atoms with Crippen LogP contribution in [0, 0.1) is 5.82 Å². The minimum Gasteiger partial charge on any atom is -0.379 e. The molecule has 1 heterocycles. The van der Waals surface area contributed by atoms with Crippen LogP contribution < -0.4 is 10.6 Å². The minimum atomic E-state index is -0.302. The van der Waals surface area contributed by atoms with Gasteiger partial charge in [-0.05, 0) is 55.9 Å². The Morgan fingerprint density at radius 3 is 3.10 bits per heavy atom. The molecule has 2 atom stereocenters. The molecule has 1 fully saturated rings. The molecule has 2 aliphatic rings. The Morgan fingerprint density at radius 2 is 2.33 bits per heavy atom. The van der Waals surface area contributed by atoms with Crippen molar-refractivity contribution >= 4 is 6.03 Å². The highest BCUT2D eigenvalue weighted by molar-refractivity contribution is 5.75. The van der Waals surface area contributed by atoms with Gasteiger partial charge in [0.05, 0.1) is 18.2 Å². The quantitative estimate of drug-likeness (QED) is 0.880. The summed E-state index contributed by atoms with van der Waals surface area (Å²) < 4.78 is 18.8. The summed E-state index contributed by atoms with van der Waals surface area (Å²) in [5.41, 5.74) is 1.73. The predicted octanol–water partition coefficient (Wildman–Crippen LogP) is 2.68. The number of ether oxygens (including phenoxy) is 1. The largest absolute Gasteiger partial charge is 0.379 e. The molecule has 5 heteroatoms. The summed E-state index contributed by atoms with van der Waals surface area (Å²) in [5.74, 6) is -0.251. The number of amides is 2. The number of urea groups is 1. The van der Waals surface area contributed by atoms with E-state index in [1.165, 1.54) is 6.07 Å². The van der Waals surface area contributed by atoms with Crippen molar-refractivity contribution in [3.05, 3.63) is 35.1 Å². The highest BCUT2D eigenvalue weighted by atomic mass is 19.1. The van der Waals surface area contributed by atoms with Crippen LogP contribution >= 0.6 is 0 Å². The molecule has 2 amide bonds. The molecule has 1 aliphatic heterocycles. The third-order valence-electron chi connectivity index (χ3n) is 4.36. The molecule has 2 N–H and O–H groups in total. The average Bonchev–Trinajstić information content (AvgIpc) is 2.85. The van der Waals surface area contributed by atoms with Gasteiger partial charge in [-0.1, -0.05) is 6.07 Å². The normalized spacial score (nSPS) is 28.0. The van der Waals surface area contributed by atoms with Crippen molar-refractivity contribution in [2.45, 2.75) is 44.2 Å². The van der Waals surface area contributed by atoms with Crippen LogP contribution in [0.2, 0.25) is 0 Å². The van der Waals surface area contributed by atoms with Gasteiger partial charge in [-0.25, -0.2) is 9.18 Å². The van der Waals surface area contributed by atoms with E-state index in [-0.39, 0.29) is 23.4 Å². The summed E-state index contributed by atoms with van der Waals surface area (Å²) in [6.07, 6.45) is 3.61. The van der Waals surface area contributed by atoms with E-state index < -0.39 is 0 Å². The molecule has 4 nitrogen and oxygen atoms in total. The fourth-order valence-electron chi connectivity index (χ4n) is 3.15. The zero-order chi connectivity index (χ0) is 14.9. The topological polar surface area (TPSA) is 50.4 Å². The number of rotatable bonds is 2. The van der Waals surface area contributed by atoms with E-state index in [2.05, 4.69) is 10.6 Å². The minimum absolute atomic E-state index is 0.115. The molecule has 1 aromatic rings. The van der Waals surface area contributed by atoms with Crippen LogP contribution in [0.3, 0.4) is 0 Å². The number of hydrogen-bond acceptors (Lipinski definition) is 2. The average molecular weight is 292 g/mol. The maximum atomic E-state index is 13.4. The molecule has 0 bridgehead atoms. The highest BCUT2D eigenvalue weighted by Crippen LogP contribution is 2.30. The fourth-order valence-corrected chi connectivity index (χ4v) is 3.15. The molecule has 0 saturated carbocycles. The van der Waals surface area contributed by atoms with E-state index in [9.17, 15) is 9.18 Å². The predicted molar refractivity (Wildman–Crippen MR) is 77.6 cm³/mol. The van der Waals surface area contributed by atoms with Crippen LogP contribution in [0.25, 0.3) is 0 Å². The molecule has 3 rings (SSSR count). The van der Waals surface area contributed by atoms with Gasteiger partial charge in [0.25, 0.3) is 0 Å². The van der Waals surface area contributed by atoms with Gasteiger partial charge in [0.1, 0.15) is 5.82 Å². The SMILES string of the molecule is C[C@@]1(NC(=O)N[C@H]2CCCc3ccc(F)cc32)CCOC1. The van der Waals surface area contributed by atoms with Crippen molar-refractivity contribution in [2.24, 2.45) is 0 Å². The van der Waals surface area contributed by atoms with E-state index in [1.54, 1.807) is 6.07 Å². The van der Waals surface area contributed by atoms with Crippen LogP contribution in [0.15, 0.2) is 18.2 Å². The molecule has 114 valence electrons. The Morgan fingerprint density at radius 1 is 1.48 bits per heavy atom. The number of carbonyl (C=O) groups is 1. The van der Waals surface area contributed by atoms with E-state index >= 15 is 0 Å². The van der Waals surface area contributed by atoms with Crippen LogP contribution in [-0.2, 0) is 11.2 Å². The maximum Gasteiger partial charge on any atom is 0.315 e. The first-order valence-electron chi connectivity index (χ1n) is 7.50. The third-order valence-corrected chi connectivity index (χ3v) is 4.36. The van der Waals surface area contributed by atoms with Gasteiger partial charge in [-0.15, -0.1) is 0 Å². The Bertz CT molecular complexity index is 541. The molecule has 0 aromatic heterocycles. The first kappa shape index (κ1) is 14.3. The molecule has 1 aromatic carbocycles. The monoisotopic (exact) mass is 292 g/mol. The zero-order valence-corrected chi connectivity index (χ0v) is 12.2. The van der Waals surface area contributed by atoms with Gasteiger partial charge in [0.15, 0.2) is 0 Å². The number of hydrogen-bond donors (Lipinski definition) is 2. The molecule has 21 heavy (non-hydrogen) atoms. The summed E-state index contributed by atoms with van der Waals surface area (Å²) in [6.45, 7) is 3.19. The Balaban J connectivity index is 1.68. The number of nitrogens with one attached hydrogen (secondary N) is 2. The van der Waals surface area contributed by atoms with E-state index in [0.29, 0.717) is 13.2 Å². The summed E-state index contributed by atoms with van der Waals surface area (Å²) in [5, 5.41) is 5.96. The lowest BCUT2D eigenvalue weighted by molar-refractivity contribution is 0.169. The van der Waals surface area contributed by atoms with Crippen LogP contribution in [0.5, 0.6) is 0 Å². The van der Waals surface area contributed by atoms with Crippen molar-refractivity contribution in [3.63, 3.8) is 0 Å². The summed E-state index contributed by atoms with van der Waals surface area (Å²) >= 11 is 0. The Hall–Kier alpha value is -1.62. The second-order valence-electron chi connectivity index (χ2n) is 6.25. The van der Waals surface area contributed by atoms with E-state index in [1.807, 2.05) is 13.0 Å². The van der Waals surface area contributed by atoms with Crippen LogP contribution in [-0.4, -0.2) is 24.8 Å². The van der Waals surface area contributed by atoms with Crippen molar-refractivity contribution in [1.82, 2.24) is 10.6 Å². The van der Waals surface area contributed by atoms with Crippen molar-refractivity contribution < 1.29 is 13.9 Å². The number of carbonyl (C=O) groups excluding carboxylic acids is 1. The van der Waals surface area contributed by atoms with E-state index in [4.69, 9.17) is 4.74 Å². The molecule has 1 aliphatic carbocycles. The first-order chi connectivity index (χ1) is 10.1. The second-order valence-corrected chi connectivity index (χ2v) is 6.25. The lowest BCUT2D eigenvalue weighted by Crippen LogP contribution is -2.51. The molecular weight excluding hydrogens is 271 g/mol. The van der Waals surface area contributed by atoms with Gasteiger partial charge >= 0.3 is 6.03 Å². The van der Waals surface area contributed by atoms with Gasteiger partial charge in [-0.2, -0.15) is 0 Å². The Labute approximate surface area is 124 Å². The number of halogens is 1. The first-order valence-corrected chi connectivity index (χ1v) is 7.50. The van der Waals surface area contributed by atoms with Gasteiger partial charge in [0.2, 0.25) is 0 Å². The standard InChI is InChI=1S/C16H21FN2O2/c1-16(7-8-21-10-16)19-15(20)18-14-4-2-3-11-5-6-12(17)9-13(11)14/h5-6,9,14H,2-4,7-8,10H2,1H3,(H2,18,19,20)/t14-,16+/m0/s1. The molecule has 1 saturated heterocycles. The summed E-state index contributed by atoms with van der Waals surface area (Å²) in [6, 6.07) is 4.53. The summed E-state index contributed by atoms with van der Waals surface area (Å²) in [4.78, 5) is 12.2. The number of aryl methyl sites for hydroxylation is 1. The molecule has 0 spiro atoms. The van der Waals surface area contributed by atoms with Crippen molar-refractivity contribution in [3.8, 4) is 0 Å². The summed E-state index contributed by atoms with van der Waals surface area (Å²) in [7, 11) is 0. The lowest BCUT2D eigenvalue weighted by atomic mass is 9.87. The van der Waals surface area contributed by atoms with Gasteiger partial charge in [-0.3, -0.25) is 0 Å². The molecule has 0 unspecified atom stereocenters. The lowest BCUT2D eigenvalue weighted by Gasteiger charge is -2.29. The third kappa shape index (κ3) is 3.18. The van der Waals surface area contributed by atoms with Crippen molar-refractivity contribution in [1.29, 1.82) is 0 Å². The maximum absolute atomic E-state index is 13.4. The van der Waals surface area contributed by atoms with E-state index in [0.717, 1.165) is 36.8 Å². The second kappa shape index (κ2) is 5.64. The molecular formula is C16H21FN2O2. The van der Waals surface area contributed by atoms with Gasteiger partial charge in [0, 0.05) is 6.61 Å². The Kier molecular flexibility index (Phi) is 3.85. The molecule has 0 radical (unpaired) electrons. The number of fused-ring (bicyclic) bond motifs is 1. The fraction of sp³-hybridized carbons (Fsp3) is 0.562. The van der Waals surface area contributed by atoms with Crippen molar-refractivity contribution in [2.75, 3.05) is 13.2 Å².